The minimum absolute atomic E-state index is 0.395. The van der Waals surface area contributed by atoms with Crippen molar-refractivity contribution in [3.63, 3.8) is 0 Å². The molecule has 2 heteroatoms. The van der Waals surface area contributed by atoms with Crippen molar-refractivity contribution in [2.24, 2.45) is 0 Å². The molecule has 1 aromatic carbocycles. The smallest absolute Gasteiger partial charge is 0.0747 e. The Morgan fingerprint density at radius 1 is 1.32 bits per heavy atom. The molecule has 0 radical (unpaired) electrons. The van der Waals surface area contributed by atoms with Crippen molar-refractivity contribution in [3.05, 3.63) is 59.7 Å². The Labute approximate surface area is 116 Å². The van der Waals surface area contributed by atoms with Gasteiger partial charge < -0.3 is 9.84 Å². The average molecular weight is 260 g/mol. The number of hydrogen-bond donors (Lipinski definition) is 1. The van der Waals surface area contributed by atoms with Gasteiger partial charge in [0.05, 0.1) is 19.3 Å². The molecule has 0 aliphatic rings. The molecule has 0 unspecified atom stereocenters. The van der Waals surface area contributed by atoms with Crippen LogP contribution in [0.15, 0.2) is 54.1 Å². The molecular formula is C17H24O2. The minimum Gasteiger partial charge on any atom is -0.389 e. The van der Waals surface area contributed by atoms with Crippen molar-refractivity contribution >= 4 is 0 Å². The van der Waals surface area contributed by atoms with Gasteiger partial charge in [0.25, 0.3) is 0 Å². The lowest BCUT2D eigenvalue weighted by molar-refractivity contribution is 0.148. The summed E-state index contributed by atoms with van der Waals surface area (Å²) in [6.45, 7) is 8.92. The van der Waals surface area contributed by atoms with Gasteiger partial charge in [0.15, 0.2) is 0 Å². The predicted molar refractivity (Wildman–Crippen MR) is 79.9 cm³/mol. The normalized spacial score (nSPS) is 13.3. The number of rotatable bonds is 8. The molecule has 0 saturated heterocycles. The SMILES string of the molecule is C=C(C)[C@@H](O)CC/C(C)=C/COCc1ccccc1. The van der Waals surface area contributed by atoms with Crippen LogP contribution in [0.2, 0.25) is 0 Å². The maximum atomic E-state index is 9.64. The summed E-state index contributed by atoms with van der Waals surface area (Å²) in [7, 11) is 0. The van der Waals surface area contributed by atoms with Gasteiger partial charge in [-0.2, -0.15) is 0 Å². The lowest BCUT2D eigenvalue weighted by Crippen LogP contribution is -2.07. The molecule has 0 bridgehead atoms. The van der Waals surface area contributed by atoms with Crippen molar-refractivity contribution in [2.45, 2.75) is 39.4 Å². The molecule has 0 heterocycles. The van der Waals surface area contributed by atoms with Crippen molar-refractivity contribution in [1.82, 2.24) is 0 Å². The molecule has 1 atom stereocenters. The van der Waals surface area contributed by atoms with Crippen LogP contribution in [0.25, 0.3) is 0 Å². The van der Waals surface area contributed by atoms with Crippen molar-refractivity contribution in [1.29, 1.82) is 0 Å². The number of aliphatic hydroxyl groups is 1. The van der Waals surface area contributed by atoms with Crippen molar-refractivity contribution in [3.8, 4) is 0 Å². The number of aliphatic hydroxyl groups excluding tert-OH is 1. The number of ether oxygens (including phenoxy) is 1. The quantitative estimate of drug-likeness (QED) is 0.568. The molecule has 0 aromatic heterocycles. The molecule has 0 amide bonds. The fourth-order valence-corrected chi connectivity index (χ4v) is 1.67. The summed E-state index contributed by atoms with van der Waals surface area (Å²) in [6.07, 6.45) is 3.29. The number of benzene rings is 1. The maximum absolute atomic E-state index is 9.64. The van der Waals surface area contributed by atoms with Gasteiger partial charge in [-0.05, 0) is 32.3 Å². The summed E-state index contributed by atoms with van der Waals surface area (Å²) in [6, 6.07) is 10.1. The Morgan fingerprint density at radius 3 is 2.63 bits per heavy atom. The Morgan fingerprint density at radius 2 is 2.00 bits per heavy atom. The van der Waals surface area contributed by atoms with Gasteiger partial charge in [0.2, 0.25) is 0 Å². The van der Waals surface area contributed by atoms with Gasteiger partial charge in [0, 0.05) is 0 Å². The minimum atomic E-state index is -0.395. The molecular weight excluding hydrogens is 236 g/mol. The van der Waals surface area contributed by atoms with E-state index in [2.05, 4.69) is 31.7 Å². The van der Waals surface area contributed by atoms with Crippen LogP contribution in [-0.4, -0.2) is 17.8 Å². The van der Waals surface area contributed by atoms with Gasteiger partial charge in [-0.15, -0.1) is 0 Å². The van der Waals surface area contributed by atoms with Crippen LogP contribution in [0.1, 0.15) is 32.3 Å². The van der Waals surface area contributed by atoms with Gasteiger partial charge in [-0.1, -0.05) is 54.1 Å². The van der Waals surface area contributed by atoms with E-state index < -0.39 is 6.10 Å². The standard InChI is InChI=1S/C17H24O2/c1-14(2)17(18)10-9-15(3)11-12-19-13-16-7-5-4-6-8-16/h4-8,11,17-18H,1,9-10,12-13H2,2-3H3/b15-11+/t17-/m0/s1. The first kappa shape index (κ1) is 15.7. The van der Waals surface area contributed by atoms with Crippen LogP contribution >= 0.6 is 0 Å². The summed E-state index contributed by atoms with van der Waals surface area (Å²) < 4.78 is 5.59. The fraction of sp³-hybridized carbons (Fsp3) is 0.412. The summed E-state index contributed by atoms with van der Waals surface area (Å²) in [4.78, 5) is 0. The lowest BCUT2D eigenvalue weighted by atomic mass is 10.0. The Bertz CT molecular complexity index is 407. The highest BCUT2D eigenvalue weighted by molar-refractivity contribution is 5.13. The third-order valence-corrected chi connectivity index (χ3v) is 3.04. The van der Waals surface area contributed by atoms with E-state index in [0.29, 0.717) is 13.2 Å². The third-order valence-electron chi connectivity index (χ3n) is 3.04. The highest BCUT2D eigenvalue weighted by atomic mass is 16.5. The molecule has 1 N–H and O–H groups in total. The first-order chi connectivity index (χ1) is 9.09. The fourth-order valence-electron chi connectivity index (χ4n) is 1.67. The third kappa shape index (κ3) is 6.94. The van der Waals surface area contributed by atoms with E-state index in [9.17, 15) is 5.11 Å². The summed E-state index contributed by atoms with van der Waals surface area (Å²) in [5.41, 5.74) is 3.26. The highest BCUT2D eigenvalue weighted by Crippen LogP contribution is 2.11. The molecule has 0 fully saturated rings. The topological polar surface area (TPSA) is 29.5 Å². The van der Waals surface area contributed by atoms with Crippen LogP contribution in [0.5, 0.6) is 0 Å². The highest BCUT2D eigenvalue weighted by Gasteiger charge is 2.03. The zero-order valence-corrected chi connectivity index (χ0v) is 11.9. The Hall–Kier alpha value is -1.38. The van der Waals surface area contributed by atoms with Gasteiger partial charge in [-0.25, -0.2) is 0 Å². The van der Waals surface area contributed by atoms with E-state index in [0.717, 1.165) is 18.4 Å². The molecule has 104 valence electrons. The second-order valence-corrected chi connectivity index (χ2v) is 4.95. The van der Waals surface area contributed by atoms with Crippen molar-refractivity contribution < 1.29 is 9.84 Å². The van der Waals surface area contributed by atoms with Gasteiger partial charge >= 0.3 is 0 Å². The molecule has 0 spiro atoms. The summed E-state index contributed by atoms with van der Waals surface area (Å²) >= 11 is 0. The second-order valence-electron chi connectivity index (χ2n) is 4.95. The van der Waals surface area contributed by atoms with Crippen LogP contribution in [-0.2, 0) is 11.3 Å². The Balaban J connectivity index is 2.19. The van der Waals surface area contributed by atoms with E-state index in [1.807, 2.05) is 25.1 Å². The van der Waals surface area contributed by atoms with E-state index in [1.54, 1.807) is 0 Å². The monoisotopic (exact) mass is 260 g/mol. The van der Waals surface area contributed by atoms with E-state index in [4.69, 9.17) is 4.74 Å². The molecule has 0 aliphatic heterocycles. The Kier molecular flexibility index (Phi) is 7.16. The van der Waals surface area contributed by atoms with E-state index >= 15 is 0 Å². The van der Waals surface area contributed by atoms with E-state index in [-0.39, 0.29) is 0 Å². The zero-order valence-electron chi connectivity index (χ0n) is 11.9. The van der Waals surface area contributed by atoms with Crippen LogP contribution in [0.3, 0.4) is 0 Å². The summed E-state index contributed by atoms with van der Waals surface area (Å²) in [5, 5.41) is 9.64. The predicted octanol–water partition coefficient (Wildman–Crippen LogP) is 3.87. The second kappa shape index (κ2) is 8.68. The maximum Gasteiger partial charge on any atom is 0.0747 e. The first-order valence-corrected chi connectivity index (χ1v) is 6.70. The van der Waals surface area contributed by atoms with Crippen LogP contribution < -0.4 is 0 Å². The van der Waals surface area contributed by atoms with E-state index in [1.165, 1.54) is 11.1 Å². The molecule has 0 aliphatic carbocycles. The van der Waals surface area contributed by atoms with Crippen LogP contribution in [0, 0.1) is 0 Å². The largest absolute Gasteiger partial charge is 0.389 e. The molecule has 1 rings (SSSR count). The van der Waals surface area contributed by atoms with Crippen molar-refractivity contribution in [2.75, 3.05) is 6.61 Å². The molecule has 1 aromatic rings. The van der Waals surface area contributed by atoms with Gasteiger partial charge in [-0.3, -0.25) is 0 Å². The first-order valence-electron chi connectivity index (χ1n) is 6.70. The average Bonchev–Trinajstić information content (AvgIpc) is 2.42. The number of hydrogen-bond acceptors (Lipinski definition) is 2. The number of allylic oxidation sites excluding steroid dienone is 1. The summed E-state index contributed by atoms with van der Waals surface area (Å²) in [5.74, 6) is 0. The lowest BCUT2D eigenvalue weighted by Gasteiger charge is -2.10. The van der Waals surface area contributed by atoms with Crippen LogP contribution in [0.4, 0.5) is 0 Å². The molecule has 2 nitrogen and oxygen atoms in total. The zero-order chi connectivity index (χ0) is 14.1. The molecule has 19 heavy (non-hydrogen) atoms. The molecule has 0 saturated carbocycles. The van der Waals surface area contributed by atoms with Gasteiger partial charge in [0.1, 0.15) is 0 Å².